The lowest BCUT2D eigenvalue weighted by atomic mass is 10.1. The highest BCUT2D eigenvalue weighted by Crippen LogP contribution is 2.39. The predicted octanol–water partition coefficient (Wildman–Crippen LogP) is 3.04. The Bertz CT molecular complexity index is 799. The Morgan fingerprint density at radius 2 is 2.00 bits per heavy atom. The van der Waals surface area contributed by atoms with E-state index < -0.39 is 0 Å². The molecule has 3 aromatic rings. The quantitative estimate of drug-likeness (QED) is 0.778. The minimum absolute atomic E-state index is 0.385. The highest BCUT2D eigenvalue weighted by molar-refractivity contribution is 6.00. The molecule has 0 saturated carbocycles. The normalized spacial score (nSPS) is 11.2. The number of benzene rings is 1. The summed E-state index contributed by atoms with van der Waals surface area (Å²) in [6, 6.07) is 5.90. The molecule has 104 valence electrons. The minimum Gasteiger partial charge on any atom is -0.495 e. The third-order valence-corrected chi connectivity index (χ3v) is 3.68. The van der Waals surface area contributed by atoms with Crippen LogP contribution in [0.2, 0.25) is 0 Å². The first kappa shape index (κ1) is 12.6. The molecule has 0 saturated heterocycles. The molecule has 0 amide bonds. The van der Waals surface area contributed by atoms with Crippen LogP contribution >= 0.6 is 0 Å². The summed E-state index contributed by atoms with van der Waals surface area (Å²) < 4.78 is 12.9. The van der Waals surface area contributed by atoms with Crippen molar-refractivity contribution in [2.24, 2.45) is 7.05 Å². The molecule has 0 bridgehead atoms. The Hall–Kier alpha value is -2.43. The molecular formula is C15H17N3O2. The first-order valence-corrected chi connectivity index (χ1v) is 6.39. The van der Waals surface area contributed by atoms with Gasteiger partial charge in [0.25, 0.3) is 0 Å². The Labute approximate surface area is 116 Å². The summed E-state index contributed by atoms with van der Waals surface area (Å²) in [7, 11) is 3.70. The van der Waals surface area contributed by atoms with Crippen LogP contribution in [0.5, 0.6) is 5.75 Å². The van der Waals surface area contributed by atoms with Crippen LogP contribution < -0.4 is 10.5 Å². The van der Waals surface area contributed by atoms with E-state index in [1.807, 2.05) is 27.0 Å². The standard InChI is InChI=1S/C15H17N3O2/c1-8-5-10-14(11-7-13(16)17-20-11)9(2)18(3)15(10)12(6-8)19-4/h5-7H,1-4H3,(H2,16,17). The molecule has 3 rings (SSSR count). The first-order chi connectivity index (χ1) is 9.52. The van der Waals surface area contributed by atoms with E-state index in [9.17, 15) is 0 Å². The number of aromatic nitrogens is 2. The average Bonchev–Trinajstić information content (AvgIpc) is 2.92. The van der Waals surface area contributed by atoms with E-state index in [2.05, 4.69) is 15.8 Å². The molecule has 0 atom stereocenters. The maximum absolute atomic E-state index is 5.67. The Balaban J connectivity index is 2.43. The summed E-state index contributed by atoms with van der Waals surface area (Å²) in [6.45, 7) is 4.09. The van der Waals surface area contributed by atoms with E-state index in [4.69, 9.17) is 15.0 Å². The van der Waals surface area contributed by atoms with Gasteiger partial charge in [-0.25, -0.2) is 0 Å². The van der Waals surface area contributed by atoms with Crippen LogP contribution in [0.15, 0.2) is 22.7 Å². The van der Waals surface area contributed by atoms with Crippen molar-refractivity contribution < 1.29 is 9.26 Å². The molecule has 5 heteroatoms. The second-order valence-electron chi connectivity index (χ2n) is 5.00. The molecule has 0 aliphatic heterocycles. The van der Waals surface area contributed by atoms with Gasteiger partial charge in [-0.3, -0.25) is 0 Å². The number of aryl methyl sites for hydroxylation is 2. The van der Waals surface area contributed by atoms with Gasteiger partial charge >= 0.3 is 0 Å². The fraction of sp³-hybridized carbons (Fsp3) is 0.267. The average molecular weight is 271 g/mol. The number of methoxy groups -OCH3 is 1. The number of hydrogen-bond acceptors (Lipinski definition) is 4. The fourth-order valence-corrected chi connectivity index (χ4v) is 2.69. The first-order valence-electron chi connectivity index (χ1n) is 6.39. The van der Waals surface area contributed by atoms with Gasteiger partial charge in [-0.1, -0.05) is 5.16 Å². The van der Waals surface area contributed by atoms with E-state index in [-0.39, 0.29) is 0 Å². The van der Waals surface area contributed by atoms with Crippen molar-refractivity contribution in [2.75, 3.05) is 12.8 Å². The molecule has 20 heavy (non-hydrogen) atoms. The number of nitrogens with zero attached hydrogens (tertiary/aromatic N) is 2. The number of ether oxygens (including phenoxy) is 1. The lowest BCUT2D eigenvalue weighted by molar-refractivity contribution is 0.417. The predicted molar refractivity (Wildman–Crippen MR) is 78.9 cm³/mol. The molecule has 0 aliphatic rings. The summed E-state index contributed by atoms with van der Waals surface area (Å²) >= 11 is 0. The Morgan fingerprint density at radius 3 is 2.60 bits per heavy atom. The van der Waals surface area contributed by atoms with Gasteiger partial charge < -0.3 is 19.6 Å². The van der Waals surface area contributed by atoms with Gasteiger partial charge in [0.1, 0.15) is 5.75 Å². The summed E-state index contributed by atoms with van der Waals surface area (Å²) in [5, 5.41) is 4.86. The van der Waals surface area contributed by atoms with E-state index in [1.54, 1.807) is 13.2 Å². The maximum Gasteiger partial charge on any atom is 0.171 e. The second-order valence-corrected chi connectivity index (χ2v) is 5.00. The maximum atomic E-state index is 5.67. The number of hydrogen-bond donors (Lipinski definition) is 1. The van der Waals surface area contributed by atoms with Gasteiger partial charge in [-0.2, -0.15) is 0 Å². The third kappa shape index (κ3) is 1.66. The number of rotatable bonds is 2. The largest absolute Gasteiger partial charge is 0.495 e. The van der Waals surface area contributed by atoms with Gasteiger partial charge in [0.05, 0.1) is 12.6 Å². The van der Waals surface area contributed by atoms with Gasteiger partial charge in [0.2, 0.25) is 0 Å². The van der Waals surface area contributed by atoms with Crippen molar-refractivity contribution in [3.63, 3.8) is 0 Å². The van der Waals surface area contributed by atoms with Crippen LogP contribution in [0.3, 0.4) is 0 Å². The van der Waals surface area contributed by atoms with Crippen molar-refractivity contribution in [1.29, 1.82) is 0 Å². The van der Waals surface area contributed by atoms with E-state index >= 15 is 0 Å². The number of nitrogens with two attached hydrogens (primary N) is 1. The molecular weight excluding hydrogens is 254 g/mol. The third-order valence-electron chi connectivity index (χ3n) is 3.68. The van der Waals surface area contributed by atoms with Crippen LogP contribution in [0, 0.1) is 13.8 Å². The molecule has 0 spiro atoms. The van der Waals surface area contributed by atoms with E-state index in [0.717, 1.165) is 33.5 Å². The molecule has 0 aliphatic carbocycles. The summed E-state index contributed by atoms with van der Waals surface area (Å²) in [4.78, 5) is 0. The zero-order chi connectivity index (χ0) is 14.4. The van der Waals surface area contributed by atoms with Crippen molar-refractivity contribution in [2.45, 2.75) is 13.8 Å². The molecule has 0 unspecified atom stereocenters. The topological polar surface area (TPSA) is 66.2 Å². The van der Waals surface area contributed by atoms with E-state index in [1.165, 1.54) is 0 Å². The number of anilines is 1. The van der Waals surface area contributed by atoms with Crippen molar-refractivity contribution >= 4 is 16.7 Å². The summed E-state index contributed by atoms with van der Waals surface area (Å²) in [6.07, 6.45) is 0. The molecule has 1 aromatic carbocycles. The van der Waals surface area contributed by atoms with Gasteiger partial charge in [0, 0.05) is 29.8 Å². The van der Waals surface area contributed by atoms with Crippen LogP contribution in [0.1, 0.15) is 11.3 Å². The summed E-state index contributed by atoms with van der Waals surface area (Å²) in [5.41, 5.74) is 9.93. The van der Waals surface area contributed by atoms with Gasteiger partial charge in [-0.05, 0) is 31.5 Å². The second kappa shape index (κ2) is 4.30. The van der Waals surface area contributed by atoms with Crippen molar-refractivity contribution in [3.8, 4) is 17.1 Å². The lowest BCUT2D eigenvalue weighted by Crippen LogP contribution is -1.93. The zero-order valence-corrected chi connectivity index (χ0v) is 12.0. The molecule has 2 heterocycles. The molecule has 5 nitrogen and oxygen atoms in total. The van der Waals surface area contributed by atoms with Crippen molar-refractivity contribution in [3.05, 3.63) is 29.5 Å². The lowest BCUT2D eigenvalue weighted by Gasteiger charge is -2.06. The highest BCUT2D eigenvalue weighted by Gasteiger charge is 2.20. The smallest absolute Gasteiger partial charge is 0.171 e. The van der Waals surface area contributed by atoms with Gasteiger partial charge in [-0.15, -0.1) is 0 Å². The van der Waals surface area contributed by atoms with Gasteiger partial charge in [0.15, 0.2) is 11.6 Å². The molecule has 2 N–H and O–H groups in total. The monoisotopic (exact) mass is 271 g/mol. The van der Waals surface area contributed by atoms with Crippen LogP contribution in [0.25, 0.3) is 22.2 Å². The van der Waals surface area contributed by atoms with E-state index in [0.29, 0.717) is 11.6 Å². The molecule has 0 radical (unpaired) electrons. The minimum atomic E-state index is 0.385. The zero-order valence-electron chi connectivity index (χ0n) is 12.0. The molecule has 0 fully saturated rings. The van der Waals surface area contributed by atoms with Crippen LogP contribution in [-0.4, -0.2) is 16.8 Å². The summed E-state index contributed by atoms with van der Waals surface area (Å²) in [5.74, 6) is 1.92. The molecule has 2 aromatic heterocycles. The van der Waals surface area contributed by atoms with Crippen LogP contribution in [-0.2, 0) is 7.05 Å². The highest BCUT2D eigenvalue weighted by atomic mass is 16.5. The number of nitrogen functional groups attached to an aromatic ring is 1. The Morgan fingerprint density at radius 1 is 1.25 bits per heavy atom. The Kier molecular flexibility index (Phi) is 2.71. The SMILES string of the molecule is COc1cc(C)cc2c(-c3cc(N)no3)c(C)n(C)c12. The number of fused-ring (bicyclic) bond motifs is 1. The fourth-order valence-electron chi connectivity index (χ4n) is 2.69. The van der Waals surface area contributed by atoms with Crippen LogP contribution in [0.4, 0.5) is 5.82 Å². The van der Waals surface area contributed by atoms with Crippen molar-refractivity contribution in [1.82, 2.24) is 9.72 Å².